The summed E-state index contributed by atoms with van der Waals surface area (Å²) >= 11 is 0. The average Bonchev–Trinajstić information content (AvgIpc) is 3.35. The molecule has 31 heavy (non-hydrogen) atoms. The average molecular weight is 421 g/mol. The van der Waals surface area contributed by atoms with Crippen LogP contribution in [0.4, 0.5) is 0 Å². The molecule has 1 aliphatic heterocycles. The number of carbonyl (C=O) groups is 3. The molecule has 3 amide bonds. The van der Waals surface area contributed by atoms with E-state index in [1.165, 1.54) is 4.90 Å². The second-order valence-electron chi connectivity index (χ2n) is 8.69. The predicted octanol–water partition coefficient (Wildman–Crippen LogP) is 2.85. The highest BCUT2D eigenvalue weighted by molar-refractivity contribution is 6.08. The Morgan fingerprint density at radius 3 is 2.35 bits per heavy atom. The molecule has 2 heterocycles. The number of nitrogens with zero attached hydrogens (tertiary/aromatic N) is 3. The van der Waals surface area contributed by atoms with Crippen LogP contribution in [-0.2, 0) is 20.9 Å². The van der Waals surface area contributed by atoms with Crippen LogP contribution in [-0.4, -0.2) is 38.4 Å². The van der Waals surface area contributed by atoms with Crippen LogP contribution in [0.3, 0.4) is 0 Å². The van der Waals surface area contributed by atoms with Gasteiger partial charge >= 0.3 is 0 Å². The summed E-state index contributed by atoms with van der Waals surface area (Å²) in [6, 6.07) is 8.93. The number of allylic oxidation sites excluding steroid dienone is 2. The fourth-order valence-electron chi connectivity index (χ4n) is 4.39. The minimum Gasteiger partial charge on any atom is -0.350 e. The highest BCUT2D eigenvalue weighted by Gasteiger charge is 2.51. The van der Waals surface area contributed by atoms with E-state index in [0.29, 0.717) is 19.3 Å². The number of carbonyl (C=O) groups excluding carboxylic acids is 3. The number of nitrogens with one attached hydrogen (secondary N) is 1. The van der Waals surface area contributed by atoms with Crippen LogP contribution in [0.2, 0.25) is 0 Å². The van der Waals surface area contributed by atoms with E-state index in [1.54, 1.807) is 10.9 Å². The van der Waals surface area contributed by atoms with Crippen molar-refractivity contribution in [3.05, 3.63) is 60.4 Å². The minimum absolute atomic E-state index is 0.165. The Labute approximate surface area is 182 Å². The highest BCUT2D eigenvalue weighted by atomic mass is 16.2. The summed E-state index contributed by atoms with van der Waals surface area (Å²) in [7, 11) is 0. The van der Waals surface area contributed by atoms with Crippen molar-refractivity contribution in [1.29, 1.82) is 0 Å². The van der Waals surface area contributed by atoms with E-state index in [2.05, 4.69) is 10.4 Å². The SMILES string of the molecule is CC(C)CC(C(=O)NCc1cnn(-c2ccccc2)c1)N1C(=O)C2CC=CCC2C1=O. The number of aromatic nitrogens is 2. The molecule has 0 spiro atoms. The summed E-state index contributed by atoms with van der Waals surface area (Å²) in [5, 5.41) is 7.26. The van der Waals surface area contributed by atoms with Crippen molar-refractivity contribution in [2.45, 2.75) is 45.7 Å². The zero-order chi connectivity index (χ0) is 22.0. The van der Waals surface area contributed by atoms with Gasteiger partial charge in [0.1, 0.15) is 6.04 Å². The molecule has 1 saturated heterocycles. The molecule has 2 aliphatic rings. The molecule has 1 aromatic heterocycles. The smallest absolute Gasteiger partial charge is 0.243 e. The topological polar surface area (TPSA) is 84.3 Å². The summed E-state index contributed by atoms with van der Waals surface area (Å²) in [5.74, 6) is -1.21. The van der Waals surface area contributed by atoms with Crippen molar-refractivity contribution in [1.82, 2.24) is 20.0 Å². The lowest BCUT2D eigenvalue weighted by atomic mass is 9.85. The Morgan fingerprint density at radius 2 is 1.74 bits per heavy atom. The lowest BCUT2D eigenvalue weighted by Gasteiger charge is -2.27. The third kappa shape index (κ3) is 4.31. The molecule has 2 aromatic rings. The molecule has 0 saturated carbocycles. The number of fused-ring (bicyclic) bond motifs is 1. The van der Waals surface area contributed by atoms with Gasteiger partial charge in [-0.2, -0.15) is 5.10 Å². The Balaban J connectivity index is 1.46. The zero-order valence-corrected chi connectivity index (χ0v) is 17.9. The van der Waals surface area contributed by atoms with Gasteiger partial charge in [-0.3, -0.25) is 19.3 Å². The molecule has 0 radical (unpaired) electrons. The van der Waals surface area contributed by atoms with E-state index in [-0.39, 0.29) is 42.0 Å². The number of rotatable bonds is 7. The van der Waals surface area contributed by atoms with Crippen LogP contribution in [0, 0.1) is 17.8 Å². The molecular formula is C24H28N4O3. The number of hydrogen-bond acceptors (Lipinski definition) is 4. The van der Waals surface area contributed by atoms with Gasteiger partial charge in [0.15, 0.2) is 0 Å². The maximum Gasteiger partial charge on any atom is 0.243 e. The van der Waals surface area contributed by atoms with Crippen molar-refractivity contribution >= 4 is 17.7 Å². The molecule has 1 aromatic carbocycles. The van der Waals surface area contributed by atoms with E-state index >= 15 is 0 Å². The lowest BCUT2D eigenvalue weighted by Crippen LogP contribution is -2.50. The van der Waals surface area contributed by atoms with Crippen molar-refractivity contribution < 1.29 is 14.4 Å². The second-order valence-corrected chi connectivity index (χ2v) is 8.69. The Hall–Kier alpha value is -3.22. The van der Waals surface area contributed by atoms with Crippen molar-refractivity contribution in [3.63, 3.8) is 0 Å². The summed E-state index contributed by atoms with van der Waals surface area (Å²) in [6.07, 6.45) is 9.06. The first-order valence-corrected chi connectivity index (χ1v) is 10.8. The predicted molar refractivity (Wildman–Crippen MR) is 116 cm³/mol. The van der Waals surface area contributed by atoms with Crippen LogP contribution in [0.1, 0.15) is 38.7 Å². The van der Waals surface area contributed by atoms with Crippen LogP contribution in [0.5, 0.6) is 0 Å². The van der Waals surface area contributed by atoms with Gasteiger partial charge in [0, 0.05) is 18.3 Å². The molecule has 7 heteroatoms. The molecule has 1 aliphatic carbocycles. The fraction of sp³-hybridized carbons (Fsp3) is 0.417. The van der Waals surface area contributed by atoms with E-state index < -0.39 is 6.04 Å². The molecular weight excluding hydrogens is 392 g/mol. The van der Waals surface area contributed by atoms with Gasteiger partial charge in [0.2, 0.25) is 17.7 Å². The number of benzene rings is 1. The highest BCUT2D eigenvalue weighted by Crippen LogP contribution is 2.37. The Bertz CT molecular complexity index is 969. The van der Waals surface area contributed by atoms with E-state index in [4.69, 9.17) is 0 Å². The quantitative estimate of drug-likeness (QED) is 0.551. The number of imide groups is 1. The van der Waals surface area contributed by atoms with Crippen LogP contribution < -0.4 is 5.32 Å². The minimum atomic E-state index is -0.783. The van der Waals surface area contributed by atoms with Gasteiger partial charge < -0.3 is 5.32 Å². The largest absolute Gasteiger partial charge is 0.350 e. The standard InChI is InChI=1S/C24H28N4O3/c1-16(2)12-21(28-23(30)19-10-6-7-11-20(19)24(28)31)22(29)25-13-17-14-26-27(15-17)18-8-4-3-5-9-18/h3-9,14-16,19-21H,10-13H2,1-2H3,(H,25,29). The van der Waals surface area contributed by atoms with Gasteiger partial charge in [-0.1, -0.05) is 44.2 Å². The maximum atomic E-state index is 13.1. The molecule has 1 N–H and O–H groups in total. The van der Waals surface area contributed by atoms with Crippen LogP contribution in [0.15, 0.2) is 54.9 Å². The summed E-state index contributed by atoms with van der Waals surface area (Å²) in [5.41, 5.74) is 1.78. The normalized spacial score (nSPS) is 21.5. The maximum absolute atomic E-state index is 13.1. The lowest BCUT2D eigenvalue weighted by molar-refractivity contribution is -0.148. The van der Waals surface area contributed by atoms with Gasteiger partial charge in [0.25, 0.3) is 0 Å². The molecule has 7 nitrogen and oxygen atoms in total. The third-order valence-electron chi connectivity index (χ3n) is 5.97. The fourth-order valence-corrected chi connectivity index (χ4v) is 4.39. The van der Waals surface area contributed by atoms with Gasteiger partial charge in [-0.15, -0.1) is 0 Å². The number of hydrogen-bond donors (Lipinski definition) is 1. The van der Waals surface area contributed by atoms with E-state index in [0.717, 1.165) is 11.3 Å². The third-order valence-corrected chi connectivity index (χ3v) is 5.97. The van der Waals surface area contributed by atoms with Crippen molar-refractivity contribution in [2.24, 2.45) is 17.8 Å². The Morgan fingerprint density at radius 1 is 1.10 bits per heavy atom. The monoisotopic (exact) mass is 420 g/mol. The number of amides is 3. The molecule has 0 bridgehead atoms. The van der Waals surface area contributed by atoms with Crippen LogP contribution in [0.25, 0.3) is 5.69 Å². The van der Waals surface area contributed by atoms with E-state index in [9.17, 15) is 14.4 Å². The molecule has 3 atom stereocenters. The van der Waals surface area contributed by atoms with Crippen molar-refractivity contribution in [3.8, 4) is 5.69 Å². The molecule has 1 fully saturated rings. The first kappa shape index (κ1) is 21.0. The molecule has 162 valence electrons. The van der Waals surface area contributed by atoms with Crippen LogP contribution >= 0.6 is 0 Å². The first-order valence-electron chi connectivity index (χ1n) is 10.8. The van der Waals surface area contributed by atoms with Gasteiger partial charge in [0.05, 0.1) is 23.7 Å². The van der Waals surface area contributed by atoms with Crippen molar-refractivity contribution in [2.75, 3.05) is 0 Å². The van der Waals surface area contributed by atoms with E-state index in [1.807, 2.05) is 62.5 Å². The summed E-state index contributed by atoms with van der Waals surface area (Å²) in [6.45, 7) is 4.26. The number of para-hydroxylation sites is 1. The zero-order valence-electron chi connectivity index (χ0n) is 17.9. The summed E-state index contributed by atoms with van der Waals surface area (Å²) < 4.78 is 1.75. The van der Waals surface area contributed by atoms with Gasteiger partial charge in [-0.25, -0.2) is 4.68 Å². The Kier molecular flexibility index (Phi) is 6.02. The van der Waals surface area contributed by atoms with Gasteiger partial charge in [-0.05, 0) is 37.3 Å². The number of likely N-dealkylation sites (tertiary alicyclic amines) is 1. The second kappa shape index (κ2) is 8.88. The molecule has 3 unspecified atom stereocenters. The summed E-state index contributed by atoms with van der Waals surface area (Å²) in [4.78, 5) is 40.3. The molecule has 4 rings (SSSR count). The first-order chi connectivity index (χ1) is 15.0.